The molecule has 1 aliphatic heterocycles. The van der Waals surface area contributed by atoms with E-state index in [0.717, 1.165) is 14.5 Å². The molecular weight excluding hydrogens is 636 g/mol. The van der Waals surface area contributed by atoms with Crippen LogP contribution in [0.1, 0.15) is 37.9 Å². The summed E-state index contributed by atoms with van der Waals surface area (Å²) >= 11 is 8.31. The third-order valence-electron chi connectivity index (χ3n) is 5.69. The summed E-state index contributed by atoms with van der Waals surface area (Å²) in [6, 6.07) is 10.4. The van der Waals surface area contributed by atoms with E-state index in [-0.39, 0.29) is 12.2 Å². The maximum Gasteiger partial charge on any atom is 0.338 e. The Balaban J connectivity index is 1.93. The van der Waals surface area contributed by atoms with Crippen LogP contribution in [0, 0.1) is 0 Å². The van der Waals surface area contributed by atoms with Crippen LogP contribution in [0.5, 0.6) is 11.5 Å². The number of rotatable bonds is 9. The monoisotopic (exact) mass is 660 g/mol. The molecule has 0 saturated carbocycles. The van der Waals surface area contributed by atoms with E-state index in [9.17, 15) is 9.59 Å². The van der Waals surface area contributed by atoms with Gasteiger partial charge in [-0.05, 0) is 72.6 Å². The fourth-order valence-corrected chi connectivity index (χ4v) is 6.55. The maximum absolute atomic E-state index is 13.9. The zero-order valence-corrected chi connectivity index (χ0v) is 25.1. The Morgan fingerprint density at radius 3 is 2.55 bits per heavy atom. The van der Waals surface area contributed by atoms with Crippen molar-refractivity contribution in [1.29, 1.82) is 0 Å². The molecule has 0 radical (unpaired) electrons. The average molecular weight is 662 g/mol. The van der Waals surface area contributed by atoms with E-state index < -0.39 is 12.0 Å². The molecule has 4 rings (SSSR count). The number of hydrogen-bond donors (Lipinski definition) is 0. The second kappa shape index (κ2) is 12.3. The molecule has 10 heteroatoms. The van der Waals surface area contributed by atoms with Crippen LogP contribution in [0.3, 0.4) is 0 Å². The smallest absolute Gasteiger partial charge is 0.338 e. The van der Waals surface area contributed by atoms with Crippen molar-refractivity contribution in [2.45, 2.75) is 26.8 Å². The largest absolute Gasteiger partial charge is 0.494 e. The number of allylic oxidation sites excluding steroid dienone is 1. The van der Waals surface area contributed by atoms with Crippen LogP contribution in [0.2, 0.25) is 0 Å². The van der Waals surface area contributed by atoms with Crippen LogP contribution in [0.25, 0.3) is 6.08 Å². The number of esters is 1. The molecular formula is C28H26Br2N2O5S. The van der Waals surface area contributed by atoms with Crippen molar-refractivity contribution < 1.29 is 19.0 Å². The molecule has 7 nitrogen and oxygen atoms in total. The van der Waals surface area contributed by atoms with Gasteiger partial charge in [-0.1, -0.05) is 52.1 Å². The zero-order chi connectivity index (χ0) is 27.4. The number of carbonyl (C=O) groups excluding carboxylic acids is 1. The topological polar surface area (TPSA) is 79.1 Å². The average Bonchev–Trinajstić information content (AvgIpc) is 3.17. The van der Waals surface area contributed by atoms with Crippen LogP contribution in [-0.4, -0.2) is 30.4 Å². The highest BCUT2D eigenvalue weighted by Gasteiger charge is 2.33. The summed E-state index contributed by atoms with van der Waals surface area (Å²) in [7, 11) is 0. The predicted molar refractivity (Wildman–Crippen MR) is 156 cm³/mol. The molecule has 0 N–H and O–H groups in total. The quantitative estimate of drug-likeness (QED) is 0.230. The molecule has 198 valence electrons. The van der Waals surface area contributed by atoms with Gasteiger partial charge in [0, 0.05) is 10.0 Å². The van der Waals surface area contributed by atoms with Crippen molar-refractivity contribution in [3.8, 4) is 11.5 Å². The van der Waals surface area contributed by atoms with Gasteiger partial charge in [-0.3, -0.25) is 9.36 Å². The van der Waals surface area contributed by atoms with Gasteiger partial charge in [-0.25, -0.2) is 9.79 Å². The Labute approximate surface area is 241 Å². The third kappa shape index (κ3) is 5.72. The number of carbonyl (C=O) groups is 1. The van der Waals surface area contributed by atoms with Gasteiger partial charge in [0.1, 0.15) is 18.1 Å². The number of hydrogen-bond acceptors (Lipinski definition) is 7. The number of fused-ring (bicyclic) bond motifs is 1. The van der Waals surface area contributed by atoms with Crippen molar-refractivity contribution >= 4 is 55.2 Å². The highest BCUT2D eigenvalue weighted by molar-refractivity contribution is 9.11. The molecule has 0 aliphatic carbocycles. The van der Waals surface area contributed by atoms with Gasteiger partial charge in [0.05, 0.1) is 39.5 Å². The van der Waals surface area contributed by atoms with Crippen LogP contribution in [0.4, 0.5) is 0 Å². The van der Waals surface area contributed by atoms with Crippen LogP contribution in [0.15, 0.2) is 79.1 Å². The molecule has 0 bridgehead atoms. The molecule has 2 heterocycles. The highest BCUT2D eigenvalue weighted by atomic mass is 79.9. The minimum Gasteiger partial charge on any atom is -0.494 e. The summed E-state index contributed by atoms with van der Waals surface area (Å²) in [5.74, 6) is 0.790. The normalized spacial score (nSPS) is 15.1. The number of ether oxygens (including phenoxy) is 3. The minimum atomic E-state index is -0.700. The van der Waals surface area contributed by atoms with Gasteiger partial charge in [0.15, 0.2) is 4.80 Å². The molecule has 1 atom stereocenters. The van der Waals surface area contributed by atoms with Gasteiger partial charge in [-0.15, -0.1) is 0 Å². The van der Waals surface area contributed by atoms with E-state index in [1.54, 1.807) is 30.6 Å². The number of halogens is 2. The van der Waals surface area contributed by atoms with Crippen molar-refractivity contribution in [2.24, 2.45) is 4.99 Å². The molecule has 0 fully saturated rings. The van der Waals surface area contributed by atoms with Crippen molar-refractivity contribution in [1.82, 2.24) is 4.57 Å². The standard InChI is InChI=1S/C28H26Br2N2O5S/c1-5-12-37-25-18(13-19(29)15-21(25)30)14-22-26(33)32-24(17-8-10-20(11-9-17)35-6-2)23(27(34)36-7-3)16(4)31-28(32)38-22/h5,8-11,13-15,24H,1,6-7,12H2,2-4H3/b22-14-/t24-/m0/s1. The zero-order valence-electron chi connectivity index (χ0n) is 21.1. The first-order chi connectivity index (χ1) is 18.3. The second-order valence-corrected chi connectivity index (χ2v) is 11.0. The van der Waals surface area contributed by atoms with Crippen LogP contribution >= 0.6 is 43.2 Å². The number of thiazole rings is 1. The number of aromatic nitrogens is 1. The van der Waals surface area contributed by atoms with Gasteiger partial charge in [0.2, 0.25) is 0 Å². The second-order valence-electron chi connectivity index (χ2n) is 8.21. The Morgan fingerprint density at radius 2 is 1.89 bits per heavy atom. The summed E-state index contributed by atoms with van der Waals surface area (Å²) in [4.78, 5) is 32.1. The minimum absolute atomic E-state index is 0.210. The SMILES string of the molecule is C=CCOc1c(Br)cc(Br)cc1/C=c1\sc2n(c1=O)[C@@H](c1ccc(OCC)cc1)C(C(=O)OCC)=C(C)N=2. The predicted octanol–water partition coefficient (Wildman–Crippen LogP) is 5.29. The van der Waals surface area contributed by atoms with E-state index in [1.807, 2.05) is 43.3 Å². The lowest BCUT2D eigenvalue weighted by atomic mass is 9.96. The van der Waals surface area contributed by atoms with Crippen molar-refractivity contribution in [2.75, 3.05) is 19.8 Å². The Morgan fingerprint density at radius 1 is 1.16 bits per heavy atom. The molecule has 0 unspecified atom stereocenters. The Hall–Kier alpha value is -2.95. The lowest BCUT2D eigenvalue weighted by molar-refractivity contribution is -0.139. The van der Waals surface area contributed by atoms with E-state index in [2.05, 4.69) is 43.4 Å². The van der Waals surface area contributed by atoms with E-state index in [0.29, 0.717) is 50.9 Å². The molecule has 38 heavy (non-hydrogen) atoms. The third-order valence-corrected chi connectivity index (χ3v) is 7.72. The van der Waals surface area contributed by atoms with E-state index >= 15 is 0 Å². The van der Waals surface area contributed by atoms with Gasteiger partial charge in [-0.2, -0.15) is 0 Å². The number of nitrogens with zero attached hydrogens (tertiary/aromatic N) is 2. The fourth-order valence-electron chi connectivity index (χ4n) is 4.14. The fraction of sp³-hybridized carbons (Fsp3) is 0.250. The lowest BCUT2D eigenvalue weighted by Crippen LogP contribution is -2.39. The summed E-state index contributed by atoms with van der Waals surface area (Å²) in [6.45, 7) is 10.2. The summed E-state index contributed by atoms with van der Waals surface area (Å²) in [5.41, 5.74) is 2.02. The summed E-state index contributed by atoms with van der Waals surface area (Å²) in [6.07, 6.45) is 3.43. The van der Waals surface area contributed by atoms with Gasteiger partial charge in [0.25, 0.3) is 5.56 Å². The molecule has 1 aliphatic rings. The summed E-state index contributed by atoms with van der Waals surface area (Å²) < 4.78 is 20.4. The first kappa shape index (κ1) is 28.1. The summed E-state index contributed by atoms with van der Waals surface area (Å²) in [5, 5.41) is 0. The van der Waals surface area contributed by atoms with Gasteiger partial charge >= 0.3 is 5.97 Å². The lowest BCUT2D eigenvalue weighted by Gasteiger charge is -2.24. The Kier molecular flexibility index (Phi) is 9.07. The molecule has 2 aromatic carbocycles. The first-order valence-electron chi connectivity index (χ1n) is 11.9. The maximum atomic E-state index is 13.9. The van der Waals surface area contributed by atoms with Crippen molar-refractivity contribution in [3.63, 3.8) is 0 Å². The molecule has 0 amide bonds. The van der Waals surface area contributed by atoms with E-state index in [1.165, 1.54) is 11.3 Å². The highest BCUT2D eigenvalue weighted by Crippen LogP contribution is 2.34. The molecule has 3 aromatic rings. The Bertz CT molecular complexity index is 1590. The number of benzene rings is 2. The molecule has 0 spiro atoms. The van der Waals surface area contributed by atoms with Crippen molar-refractivity contribution in [3.05, 3.63) is 100 Å². The van der Waals surface area contributed by atoms with Crippen LogP contribution < -0.4 is 24.4 Å². The molecule has 0 saturated heterocycles. The molecule has 1 aromatic heterocycles. The van der Waals surface area contributed by atoms with E-state index in [4.69, 9.17) is 14.2 Å². The van der Waals surface area contributed by atoms with Crippen LogP contribution in [-0.2, 0) is 9.53 Å². The first-order valence-corrected chi connectivity index (χ1v) is 14.3. The van der Waals surface area contributed by atoms with Gasteiger partial charge < -0.3 is 14.2 Å².